The number of allylic oxidation sites excluding steroid dienone is 1. The van der Waals surface area contributed by atoms with Crippen LogP contribution in [-0.4, -0.2) is 23.7 Å². The van der Waals surface area contributed by atoms with Crippen LogP contribution < -0.4 is 9.64 Å². The Hall–Kier alpha value is -2.09. The van der Waals surface area contributed by atoms with Gasteiger partial charge in [-0.2, -0.15) is 10.2 Å². The van der Waals surface area contributed by atoms with E-state index in [2.05, 4.69) is 30.7 Å². The zero-order chi connectivity index (χ0) is 18.2. The maximum absolute atomic E-state index is 13.6. The highest BCUT2D eigenvalue weighted by molar-refractivity contribution is 5.41. The second-order valence-electron chi connectivity index (χ2n) is 6.44. The van der Waals surface area contributed by atoms with E-state index in [1.165, 1.54) is 13.0 Å². The fourth-order valence-corrected chi connectivity index (χ4v) is 2.35. The molecular weight excluding hydrogens is 305 g/mol. The van der Waals surface area contributed by atoms with Gasteiger partial charge in [-0.05, 0) is 31.7 Å². The first-order chi connectivity index (χ1) is 11.3. The largest absolute Gasteiger partial charge is 0.452 e. The molecule has 132 valence electrons. The summed E-state index contributed by atoms with van der Waals surface area (Å²) in [6.45, 7) is 11.5. The second kappa shape index (κ2) is 9.27. The number of nitrogens with zero attached hydrogens (tertiary/aromatic N) is 3. The van der Waals surface area contributed by atoms with E-state index in [-0.39, 0.29) is 12.2 Å². The molecular formula is C19H28FN3O. The van der Waals surface area contributed by atoms with Gasteiger partial charge in [0, 0.05) is 25.2 Å². The van der Waals surface area contributed by atoms with E-state index >= 15 is 0 Å². The number of ether oxygens (including phenoxy) is 1. The smallest absolute Gasteiger partial charge is 0.217 e. The third kappa shape index (κ3) is 6.19. The van der Waals surface area contributed by atoms with Gasteiger partial charge in [0.15, 0.2) is 0 Å². The van der Waals surface area contributed by atoms with Gasteiger partial charge in [-0.3, -0.25) is 0 Å². The maximum Gasteiger partial charge on any atom is 0.217 e. The lowest BCUT2D eigenvalue weighted by molar-refractivity contribution is 0.188. The first-order valence-electron chi connectivity index (χ1n) is 8.53. The zero-order valence-electron chi connectivity index (χ0n) is 15.3. The molecule has 0 aliphatic rings. The Kier molecular flexibility index (Phi) is 7.70. The standard InChI is InChI=1S/C19H28FN3O/c1-6-11-23(13-15(3)4)17-9-8-10-18(22-17)24-19(5,14-21)12-16(20)7-2/h8-10,12,15H,6-7,11,13H2,1-5H3/b16-12+. The van der Waals surface area contributed by atoms with E-state index in [0.717, 1.165) is 25.3 Å². The molecule has 0 bridgehead atoms. The van der Waals surface area contributed by atoms with E-state index in [9.17, 15) is 9.65 Å². The van der Waals surface area contributed by atoms with Crippen molar-refractivity contribution in [3.63, 3.8) is 0 Å². The van der Waals surface area contributed by atoms with Gasteiger partial charge in [-0.15, -0.1) is 0 Å². The van der Waals surface area contributed by atoms with Gasteiger partial charge in [0.05, 0.1) is 0 Å². The van der Waals surface area contributed by atoms with E-state index in [0.29, 0.717) is 11.8 Å². The van der Waals surface area contributed by atoms with Crippen LogP contribution in [0.3, 0.4) is 0 Å². The minimum atomic E-state index is -1.38. The van der Waals surface area contributed by atoms with Crippen LogP contribution in [-0.2, 0) is 0 Å². The molecule has 1 aromatic rings. The summed E-state index contributed by atoms with van der Waals surface area (Å²) in [4.78, 5) is 6.71. The molecule has 0 aliphatic carbocycles. The van der Waals surface area contributed by atoms with Crippen molar-refractivity contribution in [3.8, 4) is 11.9 Å². The quantitative estimate of drug-likeness (QED) is 0.646. The fraction of sp³-hybridized carbons (Fsp3) is 0.579. The number of nitriles is 1. The van der Waals surface area contributed by atoms with Gasteiger partial charge in [0.2, 0.25) is 11.5 Å². The van der Waals surface area contributed by atoms with Crippen molar-refractivity contribution in [3.05, 3.63) is 30.1 Å². The molecule has 0 radical (unpaired) electrons. The highest BCUT2D eigenvalue weighted by Crippen LogP contribution is 2.23. The predicted octanol–water partition coefficient (Wildman–Crippen LogP) is 4.88. The average Bonchev–Trinajstić information content (AvgIpc) is 2.54. The molecule has 0 fully saturated rings. The Morgan fingerprint density at radius 2 is 2.17 bits per heavy atom. The van der Waals surface area contributed by atoms with Crippen LogP contribution in [0.25, 0.3) is 0 Å². The molecule has 0 amide bonds. The first-order valence-corrected chi connectivity index (χ1v) is 8.53. The molecule has 0 saturated heterocycles. The highest BCUT2D eigenvalue weighted by Gasteiger charge is 2.25. The van der Waals surface area contributed by atoms with Crippen molar-refractivity contribution in [2.24, 2.45) is 5.92 Å². The predicted molar refractivity (Wildman–Crippen MR) is 95.7 cm³/mol. The highest BCUT2D eigenvalue weighted by atomic mass is 19.1. The Morgan fingerprint density at radius 3 is 2.71 bits per heavy atom. The van der Waals surface area contributed by atoms with Crippen molar-refractivity contribution >= 4 is 5.82 Å². The van der Waals surface area contributed by atoms with Gasteiger partial charge >= 0.3 is 0 Å². The number of halogens is 1. The summed E-state index contributed by atoms with van der Waals surface area (Å²) in [6.07, 6.45) is 2.45. The lowest BCUT2D eigenvalue weighted by atomic mass is 10.1. The Balaban J connectivity index is 3.04. The Morgan fingerprint density at radius 1 is 1.46 bits per heavy atom. The Labute approximate surface area is 145 Å². The summed E-state index contributed by atoms with van der Waals surface area (Å²) >= 11 is 0. The summed E-state index contributed by atoms with van der Waals surface area (Å²) in [7, 11) is 0. The Bertz CT molecular complexity index is 595. The van der Waals surface area contributed by atoms with Crippen molar-refractivity contribution in [2.75, 3.05) is 18.0 Å². The van der Waals surface area contributed by atoms with Gasteiger partial charge < -0.3 is 9.64 Å². The van der Waals surface area contributed by atoms with Gasteiger partial charge in [0.25, 0.3) is 0 Å². The molecule has 0 N–H and O–H groups in total. The molecule has 0 saturated carbocycles. The molecule has 1 unspecified atom stereocenters. The number of aromatic nitrogens is 1. The van der Waals surface area contributed by atoms with Crippen molar-refractivity contribution in [2.45, 2.75) is 53.1 Å². The van der Waals surface area contributed by atoms with Crippen molar-refractivity contribution in [1.29, 1.82) is 5.26 Å². The van der Waals surface area contributed by atoms with Gasteiger partial charge in [-0.25, -0.2) is 4.39 Å². The molecule has 1 atom stereocenters. The molecule has 24 heavy (non-hydrogen) atoms. The molecule has 1 rings (SSSR count). The van der Waals surface area contributed by atoms with Crippen molar-refractivity contribution < 1.29 is 9.13 Å². The number of hydrogen-bond donors (Lipinski definition) is 0. The first kappa shape index (κ1) is 20.0. The maximum atomic E-state index is 13.6. The molecule has 1 heterocycles. The number of rotatable bonds is 9. The van der Waals surface area contributed by atoms with Crippen molar-refractivity contribution in [1.82, 2.24) is 4.98 Å². The summed E-state index contributed by atoms with van der Waals surface area (Å²) < 4.78 is 19.3. The van der Waals surface area contributed by atoms with Crippen LogP contribution in [0.15, 0.2) is 30.1 Å². The second-order valence-corrected chi connectivity index (χ2v) is 6.44. The fourth-order valence-electron chi connectivity index (χ4n) is 2.35. The lowest BCUT2D eigenvalue weighted by Gasteiger charge is -2.26. The normalized spacial score (nSPS) is 14.2. The summed E-state index contributed by atoms with van der Waals surface area (Å²) in [6, 6.07) is 7.47. The molecule has 0 aromatic carbocycles. The third-order valence-corrected chi connectivity index (χ3v) is 3.42. The third-order valence-electron chi connectivity index (χ3n) is 3.42. The summed E-state index contributed by atoms with van der Waals surface area (Å²) in [5.41, 5.74) is -1.38. The van der Waals surface area contributed by atoms with Crippen LogP contribution in [0.1, 0.15) is 47.5 Å². The van der Waals surface area contributed by atoms with Crippen LogP contribution in [0.4, 0.5) is 10.2 Å². The monoisotopic (exact) mass is 333 g/mol. The van der Waals surface area contributed by atoms with Crippen LogP contribution in [0.5, 0.6) is 5.88 Å². The van der Waals surface area contributed by atoms with Gasteiger partial charge in [0.1, 0.15) is 17.7 Å². The van der Waals surface area contributed by atoms with Gasteiger partial charge in [-0.1, -0.05) is 33.8 Å². The van der Waals surface area contributed by atoms with E-state index < -0.39 is 5.60 Å². The number of hydrogen-bond acceptors (Lipinski definition) is 4. The van der Waals surface area contributed by atoms with Crippen LogP contribution in [0.2, 0.25) is 0 Å². The molecule has 0 spiro atoms. The van der Waals surface area contributed by atoms with Crippen LogP contribution >= 0.6 is 0 Å². The molecule has 0 aliphatic heterocycles. The van der Waals surface area contributed by atoms with Crippen LogP contribution in [0, 0.1) is 17.2 Å². The molecule has 4 nitrogen and oxygen atoms in total. The zero-order valence-corrected chi connectivity index (χ0v) is 15.3. The molecule has 1 aromatic heterocycles. The SMILES string of the molecule is CCCN(CC(C)C)c1cccc(OC(C)(C#N)/C=C(/F)CC)n1. The van der Waals surface area contributed by atoms with E-state index in [4.69, 9.17) is 4.74 Å². The summed E-state index contributed by atoms with van der Waals surface area (Å²) in [5, 5.41) is 9.35. The lowest BCUT2D eigenvalue weighted by Crippen LogP contribution is -2.31. The minimum absolute atomic E-state index is 0.229. The molecule has 5 heteroatoms. The number of pyridine rings is 1. The van der Waals surface area contributed by atoms with E-state index in [1.54, 1.807) is 13.0 Å². The minimum Gasteiger partial charge on any atom is -0.452 e. The van der Waals surface area contributed by atoms with E-state index in [1.807, 2.05) is 18.2 Å². The summed E-state index contributed by atoms with van der Waals surface area (Å²) in [5.74, 6) is 1.27. The topological polar surface area (TPSA) is 49.1 Å². The number of anilines is 1. The average molecular weight is 333 g/mol.